The van der Waals surface area contributed by atoms with Crippen LogP contribution in [0.2, 0.25) is 0 Å². The molecule has 2 N–H and O–H groups in total. The number of carbonyl (C=O) groups is 4. The van der Waals surface area contributed by atoms with Gasteiger partial charge in [-0.1, -0.05) is 43.5 Å². The summed E-state index contributed by atoms with van der Waals surface area (Å²) < 4.78 is 9.16. The number of benzene rings is 2. The molecule has 8 nitrogen and oxygen atoms in total. The summed E-state index contributed by atoms with van der Waals surface area (Å²) in [4.78, 5) is 46.8. The van der Waals surface area contributed by atoms with Gasteiger partial charge in [-0.25, -0.2) is 0 Å². The average molecular weight is 495 g/mol. The molecule has 2 amide bonds. The molecule has 0 aliphatic heterocycles. The molecule has 0 spiro atoms. The smallest absolute Gasteiger partial charge is 0.306 e. The van der Waals surface area contributed by atoms with E-state index in [1.807, 2.05) is 24.3 Å². The molecule has 0 saturated heterocycles. The number of hydrogen-bond acceptors (Lipinski definition) is 6. The van der Waals surface area contributed by atoms with Crippen molar-refractivity contribution in [3.8, 4) is 0 Å². The molecule has 0 radical (unpaired) electrons. The monoisotopic (exact) mass is 494 g/mol. The Morgan fingerprint density at radius 1 is 0.639 bits per heavy atom. The van der Waals surface area contributed by atoms with E-state index in [4.69, 9.17) is 0 Å². The van der Waals surface area contributed by atoms with E-state index < -0.39 is 11.9 Å². The van der Waals surface area contributed by atoms with Crippen molar-refractivity contribution in [2.24, 2.45) is 0 Å². The van der Waals surface area contributed by atoms with Crippen molar-refractivity contribution >= 4 is 35.1 Å². The van der Waals surface area contributed by atoms with E-state index in [0.717, 1.165) is 25.7 Å². The summed E-state index contributed by atoms with van der Waals surface area (Å²) in [6, 6.07) is 15.8. The molecule has 1 aliphatic carbocycles. The fourth-order valence-electron chi connectivity index (χ4n) is 4.73. The minimum Gasteiger partial charge on any atom is -0.469 e. The Kier molecular flexibility index (Phi) is 9.61. The number of methoxy groups -OCH3 is 2. The molecule has 0 bridgehead atoms. The van der Waals surface area contributed by atoms with Gasteiger partial charge in [0.15, 0.2) is 0 Å². The summed E-state index contributed by atoms with van der Waals surface area (Å²) >= 11 is 0. The lowest BCUT2D eigenvalue weighted by molar-refractivity contribution is -0.142. The highest BCUT2D eigenvalue weighted by atomic mass is 16.5. The summed E-state index contributed by atoms with van der Waals surface area (Å²) in [5, 5.41) is 5.67. The van der Waals surface area contributed by atoms with Crippen molar-refractivity contribution < 1.29 is 28.7 Å². The van der Waals surface area contributed by atoms with Gasteiger partial charge in [-0.3, -0.25) is 19.2 Å². The van der Waals surface area contributed by atoms with Crippen LogP contribution < -0.4 is 10.6 Å². The summed E-state index contributed by atoms with van der Waals surface area (Å²) in [7, 11) is 2.61. The van der Waals surface area contributed by atoms with Gasteiger partial charge in [-0.05, 0) is 48.2 Å². The van der Waals surface area contributed by atoms with Crippen LogP contribution in [0.15, 0.2) is 48.5 Å². The summed E-state index contributed by atoms with van der Waals surface area (Å²) in [5.74, 6) is -1.28. The minimum atomic E-state index is -0.411. The molecular formula is C28H34N2O6. The maximum atomic E-state index is 12.1. The van der Waals surface area contributed by atoms with Gasteiger partial charge in [0.25, 0.3) is 0 Å². The molecule has 3 rings (SSSR count). The van der Waals surface area contributed by atoms with Crippen LogP contribution >= 0.6 is 0 Å². The Morgan fingerprint density at radius 3 is 1.39 bits per heavy atom. The molecule has 1 aliphatic rings. The van der Waals surface area contributed by atoms with Crippen LogP contribution in [-0.4, -0.2) is 38.0 Å². The zero-order valence-corrected chi connectivity index (χ0v) is 20.9. The fourth-order valence-corrected chi connectivity index (χ4v) is 4.73. The highest BCUT2D eigenvalue weighted by molar-refractivity contribution is 5.93. The Morgan fingerprint density at radius 2 is 1.03 bits per heavy atom. The normalized spacial score (nSPS) is 14.4. The van der Waals surface area contributed by atoms with Crippen molar-refractivity contribution in [1.82, 2.24) is 0 Å². The average Bonchev–Trinajstić information content (AvgIpc) is 2.91. The van der Waals surface area contributed by atoms with Crippen LogP contribution in [0, 0.1) is 0 Å². The first-order chi connectivity index (χ1) is 17.4. The highest BCUT2D eigenvalue weighted by Crippen LogP contribution is 2.45. The van der Waals surface area contributed by atoms with Crippen molar-refractivity contribution in [2.45, 2.75) is 63.2 Å². The Bertz CT molecular complexity index is 977. The Balaban J connectivity index is 1.70. The molecule has 2 aromatic carbocycles. The first-order valence-corrected chi connectivity index (χ1v) is 12.3. The quantitative estimate of drug-likeness (QED) is 0.463. The third kappa shape index (κ3) is 7.16. The second-order valence-electron chi connectivity index (χ2n) is 9.05. The molecule has 2 aromatic rings. The number of ether oxygens (including phenoxy) is 2. The van der Waals surface area contributed by atoms with Crippen LogP contribution in [0.1, 0.15) is 68.9 Å². The third-order valence-corrected chi connectivity index (χ3v) is 6.72. The van der Waals surface area contributed by atoms with Gasteiger partial charge in [-0.15, -0.1) is 0 Å². The van der Waals surface area contributed by atoms with Gasteiger partial charge < -0.3 is 20.1 Å². The van der Waals surface area contributed by atoms with Gasteiger partial charge in [-0.2, -0.15) is 0 Å². The van der Waals surface area contributed by atoms with Crippen LogP contribution in [0.25, 0.3) is 0 Å². The van der Waals surface area contributed by atoms with E-state index in [1.165, 1.54) is 31.8 Å². The number of nitrogens with one attached hydrogen (secondary N) is 2. The summed E-state index contributed by atoms with van der Waals surface area (Å²) in [6.45, 7) is 0. The molecule has 8 heteroatoms. The van der Waals surface area contributed by atoms with Gasteiger partial charge in [0.2, 0.25) is 11.8 Å². The van der Waals surface area contributed by atoms with Gasteiger partial charge >= 0.3 is 11.9 Å². The summed E-state index contributed by atoms with van der Waals surface area (Å²) in [6.07, 6.45) is 5.72. The predicted octanol–water partition coefficient (Wildman–Crippen LogP) is 4.72. The summed E-state index contributed by atoms with van der Waals surface area (Å²) in [5.41, 5.74) is 3.60. The van der Waals surface area contributed by atoms with Crippen molar-refractivity contribution in [3.63, 3.8) is 0 Å². The SMILES string of the molecule is COC(=O)CCC(=O)Nc1ccc(C2(c3ccc(NC(=O)CCC(=O)OC)cc3)CCCCC2)cc1. The molecule has 36 heavy (non-hydrogen) atoms. The topological polar surface area (TPSA) is 111 Å². The van der Waals surface area contributed by atoms with Gasteiger partial charge in [0.1, 0.15) is 0 Å². The zero-order chi connectivity index (χ0) is 26.0. The van der Waals surface area contributed by atoms with E-state index >= 15 is 0 Å². The Labute approximate surface area is 211 Å². The highest BCUT2D eigenvalue weighted by Gasteiger charge is 2.35. The predicted molar refractivity (Wildman–Crippen MR) is 137 cm³/mol. The van der Waals surface area contributed by atoms with E-state index in [9.17, 15) is 19.2 Å². The van der Waals surface area contributed by atoms with Crippen LogP contribution in [-0.2, 0) is 34.1 Å². The maximum absolute atomic E-state index is 12.1. The molecule has 0 unspecified atom stereocenters. The number of hydrogen-bond donors (Lipinski definition) is 2. The van der Waals surface area contributed by atoms with Crippen LogP contribution in [0.3, 0.4) is 0 Å². The van der Waals surface area contributed by atoms with Crippen LogP contribution in [0.5, 0.6) is 0 Å². The van der Waals surface area contributed by atoms with Gasteiger partial charge in [0, 0.05) is 29.6 Å². The lowest BCUT2D eigenvalue weighted by atomic mass is 9.65. The van der Waals surface area contributed by atoms with E-state index in [2.05, 4.69) is 44.4 Å². The molecule has 192 valence electrons. The largest absolute Gasteiger partial charge is 0.469 e. The number of rotatable bonds is 10. The Hall–Kier alpha value is -3.68. The number of amides is 2. The molecule has 1 saturated carbocycles. The lowest BCUT2D eigenvalue weighted by Crippen LogP contribution is -2.30. The maximum Gasteiger partial charge on any atom is 0.306 e. The first-order valence-electron chi connectivity index (χ1n) is 12.3. The zero-order valence-electron chi connectivity index (χ0n) is 20.9. The number of esters is 2. The van der Waals surface area contributed by atoms with E-state index in [1.54, 1.807) is 0 Å². The second kappa shape index (κ2) is 12.9. The van der Waals surface area contributed by atoms with E-state index in [-0.39, 0.29) is 42.9 Å². The van der Waals surface area contributed by atoms with Gasteiger partial charge in [0.05, 0.1) is 27.1 Å². The standard InChI is InChI=1S/C28H34N2O6/c1-35-26(33)16-14-24(31)29-22-10-6-20(7-11-22)28(18-4-3-5-19-28)21-8-12-23(13-9-21)30-25(32)15-17-27(34)36-2/h6-13H,3-5,14-19H2,1-2H3,(H,29,31)(H,30,32). The second-order valence-corrected chi connectivity index (χ2v) is 9.05. The molecule has 1 fully saturated rings. The lowest BCUT2D eigenvalue weighted by Gasteiger charge is -2.39. The molecule has 0 atom stereocenters. The molecule has 0 heterocycles. The van der Waals surface area contributed by atoms with Crippen molar-refractivity contribution in [2.75, 3.05) is 24.9 Å². The minimum absolute atomic E-state index is 0.0469. The molecular weight excluding hydrogens is 460 g/mol. The third-order valence-electron chi connectivity index (χ3n) is 6.72. The fraction of sp³-hybridized carbons (Fsp3) is 0.429. The van der Waals surface area contributed by atoms with Crippen molar-refractivity contribution in [1.29, 1.82) is 0 Å². The number of carbonyl (C=O) groups excluding carboxylic acids is 4. The van der Waals surface area contributed by atoms with E-state index in [0.29, 0.717) is 11.4 Å². The molecule has 0 aromatic heterocycles. The number of anilines is 2. The first kappa shape index (κ1) is 26.9. The van der Waals surface area contributed by atoms with Crippen molar-refractivity contribution in [3.05, 3.63) is 59.7 Å². The van der Waals surface area contributed by atoms with Crippen LogP contribution in [0.4, 0.5) is 11.4 Å².